The number of carbonyl (C=O) groups is 2. The Morgan fingerprint density at radius 1 is 0.840 bits per heavy atom. The number of rotatable bonds is 15. The number of ether oxygens (including phenoxy) is 3. The SMILES string of the molecule is CCOc1ccc(N(CC(=O)N(Cc2ccc(Cl)cc2)[C@H](Cc2ccccc2)C(=O)NC(C)(C)C)S(=O)(=O)c2ccc(OC)c(OC)c2)cc1. The summed E-state index contributed by atoms with van der Waals surface area (Å²) in [6.07, 6.45) is 0.188. The molecule has 266 valence electrons. The molecule has 0 saturated carbocycles. The lowest BCUT2D eigenvalue weighted by Crippen LogP contribution is -2.56. The van der Waals surface area contributed by atoms with Gasteiger partial charge < -0.3 is 24.4 Å². The highest BCUT2D eigenvalue weighted by Crippen LogP contribution is 2.33. The number of carbonyl (C=O) groups excluding carboxylic acids is 2. The van der Waals surface area contributed by atoms with Crippen molar-refractivity contribution in [3.63, 3.8) is 0 Å². The highest BCUT2D eigenvalue weighted by Gasteiger charge is 2.36. The van der Waals surface area contributed by atoms with E-state index in [0.717, 1.165) is 9.87 Å². The van der Waals surface area contributed by atoms with E-state index < -0.39 is 34.1 Å². The molecule has 0 aliphatic rings. The number of methoxy groups -OCH3 is 2. The van der Waals surface area contributed by atoms with Crippen LogP contribution in [-0.2, 0) is 32.6 Å². The summed E-state index contributed by atoms with van der Waals surface area (Å²) in [6, 6.07) is 26.0. The van der Waals surface area contributed by atoms with Crippen LogP contribution in [0.2, 0.25) is 5.02 Å². The number of anilines is 1. The van der Waals surface area contributed by atoms with Gasteiger partial charge in [0.05, 0.1) is 31.4 Å². The second-order valence-corrected chi connectivity index (χ2v) is 14.8. The van der Waals surface area contributed by atoms with Crippen LogP contribution in [0, 0.1) is 0 Å². The van der Waals surface area contributed by atoms with Gasteiger partial charge in [0, 0.05) is 29.6 Å². The molecule has 1 atom stereocenters. The maximum absolute atomic E-state index is 14.7. The number of halogens is 1. The van der Waals surface area contributed by atoms with Crippen molar-refractivity contribution >= 4 is 39.1 Å². The van der Waals surface area contributed by atoms with Crippen LogP contribution in [0.15, 0.2) is 102 Å². The molecule has 2 amide bonds. The number of benzene rings is 4. The van der Waals surface area contributed by atoms with Crippen molar-refractivity contribution < 1.29 is 32.2 Å². The zero-order valence-corrected chi connectivity index (χ0v) is 30.8. The second-order valence-electron chi connectivity index (χ2n) is 12.5. The third kappa shape index (κ3) is 9.92. The lowest BCUT2D eigenvalue weighted by molar-refractivity contribution is -0.140. The first kappa shape index (κ1) is 38.1. The zero-order valence-electron chi connectivity index (χ0n) is 29.2. The van der Waals surface area contributed by atoms with E-state index in [1.54, 1.807) is 48.5 Å². The Kier molecular flexibility index (Phi) is 12.8. The average Bonchev–Trinajstić information content (AvgIpc) is 3.09. The number of amides is 2. The number of sulfonamides is 1. The molecule has 0 spiro atoms. The largest absolute Gasteiger partial charge is 0.494 e. The van der Waals surface area contributed by atoms with Gasteiger partial charge in [-0.15, -0.1) is 0 Å². The molecule has 0 aliphatic heterocycles. The fraction of sp³-hybridized carbons (Fsp3) is 0.316. The third-order valence-corrected chi connectivity index (χ3v) is 9.71. The van der Waals surface area contributed by atoms with Crippen molar-refractivity contribution in [3.05, 3.63) is 113 Å². The molecule has 4 aromatic rings. The Bertz CT molecular complexity index is 1850. The summed E-state index contributed by atoms with van der Waals surface area (Å²) in [6.45, 7) is 7.24. The van der Waals surface area contributed by atoms with Crippen molar-refractivity contribution in [2.45, 2.75) is 57.1 Å². The lowest BCUT2D eigenvalue weighted by atomic mass is 10.0. The average molecular weight is 722 g/mol. The van der Waals surface area contributed by atoms with Crippen molar-refractivity contribution in [2.75, 3.05) is 31.7 Å². The smallest absolute Gasteiger partial charge is 0.264 e. The number of hydrogen-bond acceptors (Lipinski definition) is 7. The molecule has 0 saturated heterocycles. The van der Waals surface area contributed by atoms with E-state index in [9.17, 15) is 18.0 Å². The highest BCUT2D eigenvalue weighted by atomic mass is 35.5. The summed E-state index contributed by atoms with van der Waals surface area (Å²) in [7, 11) is -1.52. The van der Waals surface area contributed by atoms with Crippen LogP contribution < -0.4 is 23.8 Å². The molecule has 0 bridgehead atoms. The van der Waals surface area contributed by atoms with Gasteiger partial charge in [-0.05, 0) is 87.4 Å². The topological polar surface area (TPSA) is 114 Å². The van der Waals surface area contributed by atoms with Gasteiger partial charge in [0.1, 0.15) is 18.3 Å². The second kappa shape index (κ2) is 16.8. The summed E-state index contributed by atoms with van der Waals surface area (Å²) < 4.78 is 46.3. The van der Waals surface area contributed by atoms with Gasteiger partial charge in [-0.3, -0.25) is 13.9 Å². The molecule has 0 aromatic heterocycles. The van der Waals surface area contributed by atoms with E-state index in [2.05, 4.69) is 5.32 Å². The zero-order chi connectivity index (χ0) is 36.5. The fourth-order valence-corrected chi connectivity index (χ4v) is 6.86. The normalized spacial score (nSPS) is 12.1. The molecule has 10 nitrogen and oxygen atoms in total. The van der Waals surface area contributed by atoms with E-state index in [1.165, 1.54) is 37.3 Å². The summed E-state index contributed by atoms with van der Waals surface area (Å²) in [5.74, 6) is 0.120. The molecule has 4 rings (SSSR count). The van der Waals surface area contributed by atoms with Crippen molar-refractivity contribution in [1.82, 2.24) is 10.2 Å². The molecule has 0 unspecified atom stereocenters. The van der Waals surface area contributed by atoms with Gasteiger partial charge in [0.15, 0.2) is 11.5 Å². The maximum Gasteiger partial charge on any atom is 0.264 e. The van der Waals surface area contributed by atoms with Gasteiger partial charge in [-0.1, -0.05) is 54.1 Å². The lowest BCUT2D eigenvalue weighted by Gasteiger charge is -2.35. The van der Waals surface area contributed by atoms with Gasteiger partial charge in [0.2, 0.25) is 11.8 Å². The van der Waals surface area contributed by atoms with Crippen LogP contribution in [0.3, 0.4) is 0 Å². The summed E-state index contributed by atoms with van der Waals surface area (Å²) in [5.41, 5.74) is 1.16. The van der Waals surface area contributed by atoms with Crippen LogP contribution in [-0.4, -0.2) is 64.1 Å². The minimum Gasteiger partial charge on any atom is -0.494 e. The Morgan fingerprint density at radius 3 is 2.06 bits per heavy atom. The number of nitrogens with zero attached hydrogens (tertiary/aromatic N) is 2. The molecule has 0 fully saturated rings. The Morgan fingerprint density at radius 2 is 1.48 bits per heavy atom. The third-order valence-electron chi connectivity index (χ3n) is 7.69. The van der Waals surface area contributed by atoms with Gasteiger partial charge in [0.25, 0.3) is 10.0 Å². The summed E-state index contributed by atoms with van der Waals surface area (Å²) in [4.78, 5) is 30.1. The predicted octanol–water partition coefficient (Wildman–Crippen LogP) is 6.51. The van der Waals surface area contributed by atoms with Crippen LogP contribution in [0.25, 0.3) is 0 Å². The maximum atomic E-state index is 14.7. The quantitative estimate of drug-likeness (QED) is 0.149. The predicted molar refractivity (Wildman–Crippen MR) is 196 cm³/mol. The van der Waals surface area contributed by atoms with E-state index in [0.29, 0.717) is 28.7 Å². The first-order valence-electron chi connectivity index (χ1n) is 16.1. The molecule has 1 N–H and O–H groups in total. The molecule has 50 heavy (non-hydrogen) atoms. The van der Waals surface area contributed by atoms with Gasteiger partial charge in [-0.2, -0.15) is 0 Å². The molecule has 4 aromatic carbocycles. The first-order chi connectivity index (χ1) is 23.7. The van der Waals surface area contributed by atoms with Crippen molar-refractivity contribution in [1.29, 1.82) is 0 Å². The van der Waals surface area contributed by atoms with Crippen molar-refractivity contribution in [2.24, 2.45) is 0 Å². The van der Waals surface area contributed by atoms with E-state index in [1.807, 2.05) is 58.0 Å². The van der Waals surface area contributed by atoms with E-state index >= 15 is 0 Å². The first-order valence-corrected chi connectivity index (χ1v) is 17.9. The van der Waals surface area contributed by atoms with E-state index in [4.69, 9.17) is 25.8 Å². The molecule has 0 aliphatic carbocycles. The highest BCUT2D eigenvalue weighted by molar-refractivity contribution is 7.92. The molecular formula is C38H44ClN3O7S. The number of hydrogen-bond donors (Lipinski definition) is 1. The molecular weight excluding hydrogens is 678 g/mol. The van der Waals surface area contributed by atoms with Crippen LogP contribution >= 0.6 is 11.6 Å². The number of nitrogens with one attached hydrogen (secondary N) is 1. The van der Waals surface area contributed by atoms with Gasteiger partial charge >= 0.3 is 0 Å². The molecule has 12 heteroatoms. The van der Waals surface area contributed by atoms with Crippen LogP contribution in [0.4, 0.5) is 5.69 Å². The van der Waals surface area contributed by atoms with Gasteiger partial charge in [-0.25, -0.2) is 8.42 Å². The van der Waals surface area contributed by atoms with Crippen LogP contribution in [0.1, 0.15) is 38.8 Å². The minimum atomic E-state index is -4.39. The summed E-state index contributed by atoms with van der Waals surface area (Å²) >= 11 is 6.18. The van der Waals surface area contributed by atoms with Crippen molar-refractivity contribution in [3.8, 4) is 17.2 Å². The fourth-order valence-electron chi connectivity index (χ4n) is 5.30. The summed E-state index contributed by atoms with van der Waals surface area (Å²) in [5, 5.41) is 3.54. The monoisotopic (exact) mass is 721 g/mol. The Hall–Kier alpha value is -4.74. The van der Waals surface area contributed by atoms with Crippen LogP contribution in [0.5, 0.6) is 17.2 Å². The Balaban J connectivity index is 1.84. The molecule has 0 radical (unpaired) electrons. The Labute approximate surface area is 300 Å². The van der Waals surface area contributed by atoms with E-state index in [-0.39, 0.29) is 35.2 Å². The molecule has 0 heterocycles. The standard InChI is InChI=1S/C38H44ClN3O7S/c1-7-49-31-19-17-30(18-20-31)42(50(45,46)32-21-22-34(47-5)35(24-32)48-6)26-36(43)41(25-28-13-15-29(39)16-14-28)33(37(44)40-38(2,3)4)23-27-11-9-8-10-12-27/h8-22,24,33H,7,23,25-26H2,1-6H3,(H,40,44)/t33-/m1/s1. The minimum absolute atomic E-state index is 0.0125.